The maximum atomic E-state index is 12.4. The van der Waals surface area contributed by atoms with Gasteiger partial charge in [-0.15, -0.1) is 0 Å². The molecule has 4 nitrogen and oxygen atoms in total. The van der Waals surface area contributed by atoms with Crippen molar-refractivity contribution in [2.75, 3.05) is 13.2 Å². The molecule has 0 aromatic carbocycles. The van der Waals surface area contributed by atoms with Gasteiger partial charge in [-0.05, 0) is 41.5 Å². The second-order valence-electron chi connectivity index (χ2n) is 6.43. The minimum atomic E-state index is -1.43. The Morgan fingerprint density at radius 1 is 1.18 bits per heavy atom. The van der Waals surface area contributed by atoms with Crippen molar-refractivity contribution in [1.82, 2.24) is 4.31 Å². The molecule has 17 heavy (non-hydrogen) atoms. The topological polar surface area (TPSA) is 38.8 Å². The molecule has 1 rings (SSSR count). The minimum Gasteiger partial charge on any atom is -0.379 e. The van der Waals surface area contributed by atoms with Crippen LogP contribution in [0.4, 0.5) is 0 Å². The van der Waals surface area contributed by atoms with Crippen LogP contribution in [0, 0.1) is 0 Å². The van der Waals surface area contributed by atoms with Gasteiger partial charge in [0.05, 0.1) is 6.61 Å². The molecule has 0 N–H and O–H groups in total. The minimum absolute atomic E-state index is 0.0389. The number of ether oxygens (including phenoxy) is 1. The van der Waals surface area contributed by atoms with E-state index in [1.54, 1.807) is 0 Å². The number of hydrogen-bond acceptors (Lipinski definition) is 3. The van der Waals surface area contributed by atoms with Crippen molar-refractivity contribution in [3.8, 4) is 0 Å². The summed E-state index contributed by atoms with van der Waals surface area (Å²) in [6.07, 6.45) is 0.788. The lowest BCUT2D eigenvalue weighted by atomic mass is 10.0. The first-order chi connectivity index (χ1) is 7.62. The highest BCUT2D eigenvalue weighted by Crippen LogP contribution is 2.28. The summed E-state index contributed by atoms with van der Waals surface area (Å²) in [4.78, 5) is 0. The fraction of sp³-hybridized carbons (Fsp3) is 1.00. The summed E-state index contributed by atoms with van der Waals surface area (Å²) in [6.45, 7) is 13.5. The van der Waals surface area contributed by atoms with E-state index in [2.05, 4.69) is 0 Å². The highest BCUT2D eigenvalue weighted by Gasteiger charge is 2.38. The van der Waals surface area contributed by atoms with Crippen LogP contribution in [-0.2, 0) is 20.2 Å². The van der Waals surface area contributed by atoms with Crippen LogP contribution in [0.1, 0.15) is 48.0 Å². The molecule has 5 heteroatoms. The van der Waals surface area contributed by atoms with Gasteiger partial charge in [0.2, 0.25) is 11.3 Å². The fourth-order valence-corrected chi connectivity index (χ4v) is 3.57. The molecule has 1 aliphatic heterocycles. The zero-order valence-electron chi connectivity index (χ0n) is 11.8. The monoisotopic (exact) mass is 263 g/mol. The van der Waals surface area contributed by atoms with E-state index in [0.717, 1.165) is 6.42 Å². The Balaban J connectivity index is 2.73. The maximum absolute atomic E-state index is 12.4. The fourth-order valence-electron chi connectivity index (χ4n) is 2.20. The molecule has 0 spiro atoms. The molecule has 0 saturated carbocycles. The van der Waals surface area contributed by atoms with Crippen molar-refractivity contribution in [3.05, 3.63) is 0 Å². The van der Waals surface area contributed by atoms with Crippen molar-refractivity contribution < 1.29 is 13.1 Å². The predicted octanol–water partition coefficient (Wildman–Crippen LogP) is 2.27. The summed E-state index contributed by atoms with van der Waals surface area (Å²) in [5.74, 6) is 0. The third-order valence-corrected chi connectivity index (χ3v) is 4.30. The number of rotatable bonds is 3. The van der Waals surface area contributed by atoms with E-state index in [4.69, 9.17) is 8.92 Å². The predicted molar refractivity (Wildman–Crippen MR) is 69.8 cm³/mol. The second-order valence-corrected chi connectivity index (χ2v) is 7.43. The summed E-state index contributed by atoms with van der Waals surface area (Å²) in [6, 6.07) is 0. The van der Waals surface area contributed by atoms with E-state index in [9.17, 15) is 4.21 Å². The van der Waals surface area contributed by atoms with Crippen molar-refractivity contribution in [1.29, 1.82) is 0 Å². The Morgan fingerprint density at radius 2 is 1.71 bits per heavy atom. The van der Waals surface area contributed by atoms with Crippen LogP contribution in [0.5, 0.6) is 0 Å². The summed E-state index contributed by atoms with van der Waals surface area (Å²) in [5, 5.41) is 0. The van der Waals surface area contributed by atoms with Gasteiger partial charge in [0.25, 0.3) is 0 Å². The van der Waals surface area contributed by atoms with Gasteiger partial charge in [-0.3, -0.25) is 4.18 Å². The molecule has 1 heterocycles. The van der Waals surface area contributed by atoms with Crippen LogP contribution in [0.15, 0.2) is 0 Å². The van der Waals surface area contributed by atoms with Gasteiger partial charge in [0.1, 0.15) is 6.10 Å². The summed E-state index contributed by atoms with van der Waals surface area (Å²) >= 11 is -1.43. The Morgan fingerprint density at radius 3 is 2.06 bits per heavy atom. The van der Waals surface area contributed by atoms with Crippen molar-refractivity contribution in [2.45, 2.75) is 65.1 Å². The van der Waals surface area contributed by atoms with Crippen molar-refractivity contribution in [2.24, 2.45) is 0 Å². The van der Waals surface area contributed by atoms with Crippen LogP contribution in [0.2, 0.25) is 0 Å². The zero-order valence-corrected chi connectivity index (χ0v) is 12.6. The molecule has 0 bridgehead atoms. The van der Waals surface area contributed by atoms with E-state index in [1.807, 2.05) is 45.8 Å². The second kappa shape index (κ2) is 5.34. The van der Waals surface area contributed by atoms with E-state index in [-0.39, 0.29) is 17.2 Å². The van der Waals surface area contributed by atoms with Crippen LogP contribution < -0.4 is 0 Å². The van der Waals surface area contributed by atoms with Gasteiger partial charge in [-0.1, -0.05) is 0 Å². The lowest BCUT2D eigenvalue weighted by Gasteiger charge is -2.42. The molecule has 2 atom stereocenters. The van der Waals surface area contributed by atoms with E-state index in [0.29, 0.717) is 13.2 Å². The van der Waals surface area contributed by atoms with E-state index < -0.39 is 11.3 Å². The molecule has 0 aliphatic carbocycles. The largest absolute Gasteiger partial charge is 0.379 e. The molecular formula is C12H25NO3S. The van der Waals surface area contributed by atoms with Crippen LogP contribution >= 0.6 is 0 Å². The van der Waals surface area contributed by atoms with Crippen molar-refractivity contribution in [3.63, 3.8) is 0 Å². The lowest BCUT2D eigenvalue weighted by Crippen LogP contribution is -2.54. The van der Waals surface area contributed by atoms with Gasteiger partial charge in [-0.25, -0.2) is 4.21 Å². The quantitative estimate of drug-likeness (QED) is 0.784. The van der Waals surface area contributed by atoms with Gasteiger partial charge in [0.15, 0.2) is 0 Å². The summed E-state index contributed by atoms with van der Waals surface area (Å²) in [7, 11) is 0. The first-order valence-corrected chi connectivity index (χ1v) is 7.12. The zero-order chi connectivity index (χ0) is 13.3. The van der Waals surface area contributed by atoms with Crippen LogP contribution in [-0.4, -0.2) is 38.9 Å². The van der Waals surface area contributed by atoms with Gasteiger partial charge < -0.3 is 4.74 Å². The summed E-state index contributed by atoms with van der Waals surface area (Å²) < 4.78 is 25.1. The summed E-state index contributed by atoms with van der Waals surface area (Å²) in [5.41, 5.74) is -0.412. The number of nitrogens with zero attached hydrogens (tertiary/aromatic N) is 1. The molecule has 1 aliphatic rings. The Kier molecular flexibility index (Phi) is 4.74. The Hall–Kier alpha value is 0.0300. The van der Waals surface area contributed by atoms with Crippen LogP contribution in [0.3, 0.4) is 0 Å². The van der Waals surface area contributed by atoms with Crippen molar-refractivity contribution >= 4 is 11.3 Å². The normalized spacial score (nSPS) is 24.3. The van der Waals surface area contributed by atoms with Crippen LogP contribution in [0.25, 0.3) is 0 Å². The molecule has 102 valence electrons. The average Bonchev–Trinajstić information content (AvgIpc) is 2.49. The average molecular weight is 263 g/mol. The Bertz CT molecular complexity index is 260. The molecule has 2 unspecified atom stereocenters. The highest BCUT2D eigenvalue weighted by molar-refractivity contribution is 7.77. The highest BCUT2D eigenvalue weighted by atomic mass is 32.2. The van der Waals surface area contributed by atoms with Gasteiger partial charge in [-0.2, -0.15) is 4.31 Å². The molecule has 0 aromatic rings. The molecule has 1 fully saturated rings. The third-order valence-electron chi connectivity index (χ3n) is 2.47. The van der Waals surface area contributed by atoms with E-state index in [1.165, 1.54) is 0 Å². The third kappa shape index (κ3) is 4.32. The van der Waals surface area contributed by atoms with Gasteiger partial charge >= 0.3 is 0 Å². The first kappa shape index (κ1) is 15.1. The molecule has 0 aromatic heterocycles. The molecule has 0 radical (unpaired) electrons. The number of hydrogen-bond donors (Lipinski definition) is 0. The molecule has 0 amide bonds. The first-order valence-electron chi connectivity index (χ1n) is 6.09. The lowest BCUT2D eigenvalue weighted by molar-refractivity contribution is 0.104. The smallest absolute Gasteiger partial charge is 0.238 e. The Labute approximate surface area is 107 Å². The standard InChI is InChI=1S/C12H25NO3S/c1-11(2,3)13(12(4,5)6)17(14)16-10-7-8-15-9-10/h10H,7-9H2,1-6H3. The SMILES string of the molecule is CC(C)(C)N(S(=O)OC1CCOC1)C(C)(C)C. The molecular weight excluding hydrogens is 238 g/mol. The maximum Gasteiger partial charge on any atom is 0.238 e. The van der Waals surface area contributed by atoms with E-state index >= 15 is 0 Å². The molecule has 1 saturated heterocycles. The van der Waals surface area contributed by atoms with Gasteiger partial charge in [0, 0.05) is 24.1 Å².